The zero-order valence-electron chi connectivity index (χ0n) is 32.2. The van der Waals surface area contributed by atoms with E-state index in [1.54, 1.807) is 0 Å². The van der Waals surface area contributed by atoms with Crippen molar-refractivity contribution in [3.05, 3.63) is 175 Å². The van der Waals surface area contributed by atoms with E-state index in [9.17, 15) is 0 Å². The summed E-state index contributed by atoms with van der Waals surface area (Å²) in [5, 5.41) is 0. The van der Waals surface area contributed by atoms with Gasteiger partial charge in [0, 0.05) is 50.6 Å². The summed E-state index contributed by atoms with van der Waals surface area (Å²) in [6, 6.07) is 48.5. The number of para-hydroxylation sites is 1. The van der Waals surface area contributed by atoms with Gasteiger partial charge in [-0.3, -0.25) is 4.57 Å². The topological polar surface area (TPSA) is 34.2 Å². The van der Waals surface area contributed by atoms with Gasteiger partial charge in [-0.15, -0.1) is 30.3 Å². The maximum absolute atomic E-state index is 6.48. The van der Waals surface area contributed by atoms with Gasteiger partial charge in [0.2, 0.25) is 0 Å². The minimum absolute atomic E-state index is 0. The Morgan fingerprint density at radius 3 is 2.06 bits per heavy atom. The molecule has 0 unspecified atom stereocenters. The number of aryl methyl sites for hydroxylation is 2. The largest absolute Gasteiger partial charge is 0.510 e. The molecule has 0 saturated heterocycles. The van der Waals surface area contributed by atoms with E-state index in [4.69, 9.17) is 9.72 Å². The Labute approximate surface area is 335 Å². The molecule has 2 aromatic heterocycles. The van der Waals surface area contributed by atoms with Gasteiger partial charge in [-0.25, -0.2) is 4.98 Å². The van der Waals surface area contributed by atoms with Crippen molar-refractivity contribution < 1.29 is 30.4 Å². The first-order chi connectivity index (χ1) is 25.3. The van der Waals surface area contributed by atoms with Crippen molar-refractivity contribution in [3.63, 3.8) is 0 Å². The fourth-order valence-corrected chi connectivity index (χ4v) is 6.65. The van der Waals surface area contributed by atoms with E-state index in [-0.39, 0.29) is 31.9 Å². The van der Waals surface area contributed by atoms with Crippen LogP contribution in [0.5, 0.6) is 11.5 Å². The van der Waals surface area contributed by atoms with Gasteiger partial charge in [0.05, 0.1) is 11.4 Å². The second kappa shape index (κ2) is 15.6. The number of ether oxygens (including phenoxy) is 1. The Balaban J connectivity index is 0.00000497. The summed E-state index contributed by atoms with van der Waals surface area (Å²) in [7, 11) is 0. The summed E-state index contributed by atoms with van der Waals surface area (Å²) in [6.45, 7) is 17.7. The Kier molecular flexibility index (Phi) is 11.1. The Hall–Kier alpha value is -5.25. The quantitative estimate of drug-likeness (QED) is 0.113. The zero-order valence-corrected chi connectivity index (χ0v) is 34.5. The van der Waals surface area contributed by atoms with Gasteiger partial charge in [0.25, 0.3) is 6.33 Å². The summed E-state index contributed by atoms with van der Waals surface area (Å²) in [6.07, 6.45) is 7.62. The molecule has 0 aliphatic rings. The SMILES string of the molecule is Cc1cccc(C)c1-c1ccnc(N(c2[c-]c(Oc3[c-]c(-n4[c-][n+](-c5cccc(C(C)(C)C)c5)c(C(C)(C)C)c4)ccc3)ccc2)c2ccccc2)c1.[Pt]. The number of pyridine rings is 1. The van der Waals surface area contributed by atoms with Crippen molar-refractivity contribution in [3.8, 4) is 34.0 Å². The van der Waals surface area contributed by atoms with Crippen molar-refractivity contribution in [2.45, 2.75) is 66.2 Å². The van der Waals surface area contributed by atoms with Crippen LogP contribution < -0.4 is 14.2 Å². The monoisotopic (exact) mass is 889 g/mol. The van der Waals surface area contributed by atoms with Crippen molar-refractivity contribution >= 4 is 17.2 Å². The van der Waals surface area contributed by atoms with Crippen LogP contribution in [-0.4, -0.2) is 9.55 Å². The van der Waals surface area contributed by atoms with E-state index < -0.39 is 0 Å². The average Bonchev–Trinajstić information content (AvgIpc) is 3.60. The van der Waals surface area contributed by atoms with Gasteiger partial charge in [-0.2, -0.15) is 18.2 Å². The maximum atomic E-state index is 6.48. The number of anilines is 3. The van der Waals surface area contributed by atoms with Gasteiger partial charge >= 0.3 is 0 Å². The van der Waals surface area contributed by atoms with Crippen molar-refractivity contribution in [2.24, 2.45) is 0 Å². The van der Waals surface area contributed by atoms with Crippen LogP contribution in [-0.2, 0) is 31.9 Å². The van der Waals surface area contributed by atoms with E-state index in [1.807, 2.05) is 65.4 Å². The van der Waals surface area contributed by atoms with Crippen LogP contribution >= 0.6 is 0 Å². The molecule has 0 fully saturated rings. The van der Waals surface area contributed by atoms with Gasteiger partial charge in [-0.05, 0) is 94.6 Å². The van der Waals surface area contributed by atoms with Crippen molar-refractivity contribution in [1.29, 1.82) is 0 Å². The molecular weight excluding hydrogens is 844 g/mol. The Morgan fingerprint density at radius 2 is 1.35 bits per heavy atom. The molecule has 276 valence electrons. The van der Waals surface area contributed by atoms with Crippen LogP contribution in [0.15, 0.2) is 134 Å². The smallest absolute Gasteiger partial charge is 0.267 e. The molecule has 0 atom stereocenters. The predicted molar refractivity (Wildman–Crippen MR) is 215 cm³/mol. The average molecular weight is 890 g/mol. The summed E-state index contributed by atoms with van der Waals surface area (Å²) < 4.78 is 10.6. The van der Waals surface area contributed by atoms with Crippen LogP contribution in [0.1, 0.15) is 63.9 Å². The normalized spacial score (nSPS) is 11.6. The second-order valence-electron chi connectivity index (χ2n) is 15.6. The molecule has 0 bridgehead atoms. The van der Waals surface area contributed by atoms with Crippen molar-refractivity contribution in [2.75, 3.05) is 4.90 Å². The molecule has 0 amide bonds. The first kappa shape index (κ1) is 38.5. The number of aromatic nitrogens is 3. The number of hydrogen-bond acceptors (Lipinski definition) is 3. The number of benzene rings is 5. The standard InChI is InChI=1S/C48H46N4O.Pt/c1-34-16-12-17-35(2)46(34)36-26-27-49-45(28-36)52(38-19-10-9-11-20-38)41-23-15-25-43(31-41)53-42-24-14-21-39(30-42)50-32-44(48(6,7)8)51(33-50)40-22-13-18-37(29-40)47(3,4)5;/h9-29,32H,1-8H3;/q-2;. The molecule has 0 spiro atoms. The summed E-state index contributed by atoms with van der Waals surface area (Å²) >= 11 is 0. The molecule has 5 nitrogen and oxygen atoms in total. The van der Waals surface area contributed by atoms with E-state index in [0.29, 0.717) is 11.5 Å². The van der Waals surface area contributed by atoms with Crippen LogP contribution in [0.25, 0.3) is 22.5 Å². The first-order valence-electron chi connectivity index (χ1n) is 18.1. The Morgan fingerprint density at radius 1 is 0.685 bits per heavy atom. The molecule has 54 heavy (non-hydrogen) atoms. The first-order valence-corrected chi connectivity index (χ1v) is 18.1. The maximum Gasteiger partial charge on any atom is 0.267 e. The molecule has 6 heteroatoms. The molecule has 0 saturated carbocycles. The fourth-order valence-electron chi connectivity index (χ4n) is 6.65. The number of imidazole rings is 1. The molecule has 0 aliphatic heterocycles. The van der Waals surface area contributed by atoms with Crippen LogP contribution in [0.4, 0.5) is 17.2 Å². The van der Waals surface area contributed by atoms with Crippen LogP contribution in [0.3, 0.4) is 0 Å². The molecule has 7 rings (SSSR count). The summed E-state index contributed by atoms with van der Waals surface area (Å²) in [4.78, 5) is 6.96. The second-order valence-corrected chi connectivity index (χ2v) is 15.6. The molecular formula is C48H46N4OPt-2. The number of hydrogen-bond donors (Lipinski definition) is 0. The molecule has 0 aliphatic carbocycles. The minimum Gasteiger partial charge on any atom is -0.510 e. The molecule has 2 heterocycles. The molecule has 0 radical (unpaired) electrons. The zero-order chi connectivity index (χ0) is 37.3. The van der Waals surface area contributed by atoms with Gasteiger partial charge < -0.3 is 14.2 Å². The van der Waals surface area contributed by atoms with Crippen LogP contribution in [0.2, 0.25) is 0 Å². The third-order valence-corrected chi connectivity index (χ3v) is 9.42. The molecule has 7 aromatic rings. The summed E-state index contributed by atoms with van der Waals surface area (Å²) in [5.41, 5.74) is 10.8. The Bertz CT molecular complexity index is 2360. The fraction of sp³-hybridized carbons (Fsp3) is 0.208. The van der Waals surface area contributed by atoms with Gasteiger partial charge in [-0.1, -0.05) is 95.8 Å². The van der Waals surface area contributed by atoms with E-state index in [1.165, 1.54) is 22.3 Å². The third-order valence-electron chi connectivity index (χ3n) is 9.42. The third kappa shape index (κ3) is 8.27. The summed E-state index contributed by atoms with van der Waals surface area (Å²) in [5.74, 6) is 1.94. The minimum atomic E-state index is -0.124. The van der Waals surface area contributed by atoms with E-state index in [2.05, 4.69) is 156 Å². The van der Waals surface area contributed by atoms with Crippen LogP contribution in [0, 0.1) is 32.3 Å². The molecule has 5 aromatic carbocycles. The van der Waals surface area contributed by atoms with Gasteiger partial charge in [0.1, 0.15) is 5.82 Å². The number of nitrogens with zero attached hydrogens (tertiary/aromatic N) is 4. The van der Waals surface area contributed by atoms with E-state index >= 15 is 0 Å². The van der Waals surface area contributed by atoms with Gasteiger partial charge in [0.15, 0.2) is 0 Å². The van der Waals surface area contributed by atoms with E-state index in [0.717, 1.165) is 39.8 Å². The predicted octanol–water partition coefficient (Wildman–Crippen LogP) is 11.7. The molecule has 0 N–H and O–H groups in total. The van der Waals surface area contributed by atoms with Crippen molar-refractivity contribution in [1.82, 2.24) is 9.55 Å². The number of rotatable bonds is 8.